The zero-order valence-electron chi connectivity index (χ0n) is 21.8. The minimum absolute atomic E-state index is 0.553. The fraction of sp³-hybridized carbons (Fsp3) is 0.188. The van der Waals surface area contributed by atoms with Crippen molar-refractivity contribution in [2.24, 2.45) is 0 Å². The van der Waals surface area contributed by atoms with Gasteiger partial charge in [-0.25, -0.2) is 0 Å². The molecule has 0 atom stereocenters. The van der Waals surface area contributed by atoms with Gasteiger partial charge in [0.25, 0.3) is 0 Å². The van der Waals surface area contributed by atoms with E-state index in [-0.39, 0.29) is 0 Å². The molecule has 5 rings (SSSR count). The number of hydrogen-bond acceptors (Lipinski definition) is 3. The van der Waals surface area contributed by atoms with Crippen molar-refractivity contribution in [3.05, 3.63) is 132 Å². The maximum Gasteiger partial charge on any atom is 0.496 e. The van der Waals surface area contributed by atoms with Crippen molar-refractivity contribution in [2.75, 3.05) is 0 Å². The second-order valence-corrected chi connectivity index (χ2v) is 13.1. The Morgan fingerprint density at radius 2 is 0.919 bits per heavy atom. The molecule has 0 unspecified atom stereocenters. The van der Waals surface area contributed by atoms with E-state index >= 15 is 4.57 Å². The molecular formula is C32H32BO3P. The lowest BCUT2D eigenvalue weighted by Gasteiger charge is -2.32. The SMILES string of the molecule is CC1(C)OB(/C(=C(/c2ccccc2)P(=O)(c2ccccc2)c2ccccc2)c2ccccc2)OC1(C)C. The highest BCUT2D eigenvalue weighted by Crippen LogP contribution is 2.60. The molecule has 1 fully saturated rings. The first-order valence-electron chi connectivity index (χ1n) is 12.7. The molecule has 0 aliphatic carbocycles. The van der Waals surface area contributed by atoms with E-state index in [1.54, 1.807) is 0 Å². The molecule has 0 radical (unpaired) electrons. The van der Waals surface area contributed by atoms with Crippen molar-refractivity contribution in [1.29, 1.82) is 0 Å². The van der Waals surface area contributed by atoms with Crippen LogP contribution in [0.25, 0.3) is 10.8 Å². The van der Waals surface area contributed by atoms with Gasteiger partial charge in [-0.1, -0.05) is 121 Å². The minimum atomic E-state index is -3.39. The van der Waals surface area contributed by atoms with E-state index in [4.69, 9.17) is 9.31 Å². The Kier molecular flexibility index (Phi) is 6.85. The van der Waals surface area contributed by atoms with Crippen molar-refractivity contribution in [3.63, 3.8) is 0 Å². The lowest BCUT2D eigenvalue weighted by atomic mass is 9.73. The first-order chi connectivity index (χ1) is 17.7. The van der Waals surface area contributed by atoms with Crippen LogP contribution in [0.4, 0.5) is 0 Å². The largest absolute Gasteiger partial charge is 0.496 e. The highest BCUT2D eigenvalue weighted by atomic mass is 31.2. The van der Waals surface area contributed by atoms with E-state index in [9.17, 15) is 0 Å². The van der Waals surface area contributed by atoms with Crippen molar-refractivity contribution in [2.45, 2.75) is 38.9 Å². The molecule has 4 aromatic carbocycles. The summed E-state index contributed by atoms with van der Waals surface area (Å²) >= 11 is 0. The van der Waals surface area contributed by atoms with Crippen LogP contribution < -0.4 is 10.6 Å². The lowest BCUT2D eigenvalue weighted by Crippen LogP contribution is -2.41. The summed E-state index contributed by atoms with van der Waals surface area (Å²) in [6.07, 6.45) is 0. The first kappa shape index (κ1) is 25.5. The summed E-state index contributed by atoms with van der Waals surface area (Å²) in [5.41, 5.74) is 1.49. The van der Waals surface area contributed by atoms with Crippen LogP contribution in [0.5, 0.6) is 0 Å². The van der Waals surface area contributed by atoms with Crippen molar-refractivity contribution in [1.82, 2.24) is 0 Å². The summed E-state index contributed by atoms with van der Waals surface area (Å²) in [4.78, 5) is 0. The van der Waals surface area contributed by atoms with Gasteiger partial charge >= 0.3 is 7.12 Å². The normalized spacial score (nSPS) is 17.4. The topological polar surface area (TPSA) is 35.5 Å². The molecule has 5 heteroatoms. The second kappa shape index (κ2) is 9.95. The van der Waals surface area contributed by atoms with Crippen LogP contribution in [0, 0.1) is 0 Å². The average molecular weight is 506 g/mol. The number of hydrogen-bond donors (Lipinski definition) is 0. The van der Waals surface area contributed by atoms with Crippen molar-refractivity contribution in [3.8, 4) is 0 Å². The molecule has 37 heavy (non-hydrogen) atoms. The summed E-state index contributed by atoms with van der Waals surface area (Å²) in [6.45, 7) is 8.19. The van der Waals surface area contributed by atoms with E-state index in [2.05, 4.69) is 0 Å². The quantitative estimate of drug-likeness (QED) is 0.158. The van der Waals surface area contributed by atoms with Gasteiger partial charge in [0, 0.05) is 21.4 Å². The molecule has 0 N–H and O–H groups in total. The summed E-state index contributed by atoms with van der Waals surface area (Å²) in [6, 6.07) is 39.6. The van der Waals surface area contributed by atoms with Crippen LogP contribution in [-0.4, -0.2) is 18.3 Å². The minimum Gasteiger partial charge on any atom is -0.399 e. The van der Waals surface area contributed by atoms with Crippen LogP contribution >= 0.6 is 7.14 Å². The molecule has 186 valence electrons. The third kappa shape index (κ3) is 4.66. The molecule has 0 aromatic heterocycles. The van der Waals surface area contributed by atoms with Gasteiger partial charge in [-0.3, -0.25) is 0 Å². The monoisotopic (exact) mass is 506 g/mol. The molecule has 3 nitrogen and oxygen atoms in total. The van der Waals surface area contributed by atoms with Gasteiger partial charge in [-0.2, -0.15) is 0 Å². The Morgan fingerprint density at radius 3 is 1.32 bits per heavy atom. The zero-order chi connectivity index (χ0) is 26.1. The predicted octanol–water partition coefficient (Wildman–Crippen LogP) is 7.20. The van der Waals surface area contributed by atoms with E-state index in [1.807, 2.05) is 149 Å². The smallest absolute Gasteiger partial charge is 0.399 e. The Labute approximate surface area is 220 Å². The molecule has 1 aliphatic rings. The molecule has 1 heterocycles. The third-order valence-electron chi connectivity index (χ3n) is 7.43. The highest BCUT2D eigenvalue weighted by Gasteiger charge is 2.54. The maximum absolute atomic E-state index is 15.8. The predicted molar refractivity (Wildman–Crippen MR) is 156 cm³/mol. The number of benzene rings is 4. The Morgan fingerprint density at radius 1 is 0.568 bits per heavy atom. The summed E-state index contributed by atoms with van der Waals surface area (Å²) in [7, 11) is -4.10. The van der Waals surface area contributed by atoms with E-state index < -0.39 is 25.5 Å². The molecular weight excluding hydrogens is 474 g/mol. The fourth-order valence-electron chi connectivity index (χ4n) is 4.75. The van der Waals surface area contributed by atoms with Crippen molar-refractivity contribution < 1.29 is 13.9 Å². The Balaban J connectivity index is 1.93. The number of rotatable bonds is 6. The molecule has 0 amide bonds. The summed E-state index contributed by atoms with van der Waals surface area (Å²) in [5.74, 6) is 0. The van der Waals surface area contributed by atoms with Gasteiger partial charge in [0.05, 0.1) is 11.2 Å². The van der Waals surface area contributed by atoms with Gasteiger partial charge in [0.15, 0.2) is 7.14 Å². The summed E-state index contributed by atoms with van der Waals surface area (Å²) < 4.78 is 29.1. The standard InChI is InChI=1S/C32H32BO3P/c1-31(2)32(3,4)36-33(35-31)29(25-17-9-5-10-18-25)30(26-19-11-6-12-20-26)37(34,27-21-13-7-14-22-27)28-23-15-8-16-24-28/h5-24H,1-4H3/b30-29-. The van der Waals surface area contributed by atoms with Crippen LogP contribution in [-0.2, 0) is 13.9 Å². The lowest BCUT2D eigenvalue weighted by molar-refractivity contribution is 0.00578. The van der Waals surface area contributed by atoms with Gasteiger partial charge in [-0.15, -0.1) is 0 Å². The van der Waals surface area contributed by atoms with Crippen LogP contribution in [0.1, 0.15) is 38.8 Å². The van der Waals surface area contributed by atoms with Crippen LogP contribution in [0.15, 0.2) is 121 Å². The second-order valence-electron chi connectivity index (χ2n) is 10.4. The van der Waals surface area contributed by atoms with Gasteiger partial charge in [0.2, 0.25) is 0 Å². The Hall–Kier alpha value is -3.17. The maximum atomic E-state index is 15.8. The highest BCUT2D eigenvalue weighted by molar-refractivity contribution is 7.88. The Bertz CT molecular complexity index is 1370. The molecule has 0 saturated carbocycles. The van der Waals surface area contributed by atoms with Gasteiger partial charge in [0.1, 0.15) is 0 Å². The summed E-state index contributed by atoms with van der Waals surface area (Å²) in [5, 5.41) is 2.27. The average Bonchev–Trinajstić information content (AvgIpc) is 3.14. The first-order valence-corrected chi connectivity index (χ1v) is 14.4. The molecule has 0 spiro atoms. The molecule has 4 aromatic rings. The van der Waals surface area contributed by atoms with Gasteiger partial charge < -0.3 is 13.9 Å². The van der Waals surface area contributed by atoms with E-state index in [0.29, 0.717) is 0 Å². The third-order valence-corrected chi connectivity index (χ3v) is 10.6. The van der Waals surface area contributed by atoms with Crippen molar-refractivity contribution >= 4 is 35.7 Å². The van der Waals surface area contributed by atoms with Crippen LogP contribution in [0.3, 0.4) is 0 Å². The molecule has 1 aliphatic heterocycles. The fourth-order valence-corrected chi connectivity index (χ4v) is 7.83. The van der Waals surface area contributed by atoms with E-state index in [1.165, 1.54) is 0 Å². The van der Waals surface area contributed by atoms with Crippen LogP contribution in [0.2, 0.25) is 0 Å². The van der Waals surface area contributed by atoms with E-state index in [0.717, 1.165) is 32.5 Å². The zero-order valence-corrected chi connectivity index (χ0v) is 22.7. The van der Waals surface area contributed by atoms with Gasteiger partial charge in [-0.05, 0) is 38.8 Å². The molecule has 0 bridgehead atoms. The molecule has 1 saturated heterocycles.